The Balaban J connectivity index is 2.48. The van der Waals surface area contributed by atoms with E-state index in [-0.39, 0.29) is 0 Å². The van der Waals surface area contributed by atoms with Gasteiger partial charge in [0, 0.05) is 24.5 Å². The lowest BCUT2D eigenvalue weighted by Crippen LogP contribution is -1.89. The summed E-state index contributed by atoms with van der Waals surface area (Å²) in [4.78, 5) is 0. The molecule has 0 unspecified atom stereocenters. The summed E-state index contributed by atoms with van der Waals surface area (Å²) in [5.41, 5.74) is 1.02. The van der Waals surface area contributed by atoms with E-state index in [1.165, 1.54) is 0 Å². The molecule has 0 fully saturated rings. The van der Waals surface area contributed by atoms with Crippen molar-refractivity contribution in [2.45, 2.75) is 6.42 Å². The van der Waals surface area contributed by atoms with Gasteiger partial charge in [0.2, 0.25) is 0 Å². The molecule has 0 aliphatic carbocycles. The highest BCUT2D eigenvalue weighted by Gasteiger charge is 1.86. The van der Waals surface area contributed by atoms with Gasteiger partial charge in [0.05, 0.1) is 0 Å². The van der Waals surface area contributed by atoms with Gasteiger partial charge < -0.3 is 5.84 Å². The molecular weight excluding hydrogens is 116 g/mol. The van der Waals surface area contributed by atoms with Crippen LogP contribution in [0.3, 0.4) is 0 Å². The van der Waals surface area contributed by atoms with E-state index >= 15 is 0 Å². The van der Waals surface area contributed by atoms with Gasteiger partial charge >= 0.3 is 0 Å². The Morgan fingerprint density at radius 2 is 2.78 bits per heavy atom. The van der Waals surface area contributed by atoms with Gasteiger partial charge in [-0.2, -0.15) is 10.2 Å². The van der Waals surface area contributed by atoms with Crippen molar-refractivity contribution >= 4 is 6.21 Å². The van der Waals surface area contributed by atoms with Crippen LogP contribution in [-0.4, -0.2) is 16.4 Å². The van der Waals surface area contributed by atoms with E-state index in [9.17, 15) is 0 Å². The number of H-pyrrole nitrogens is 1. The molecule has 0 aliphatic heterocycles. The molecule has 0 spiro atoms. The van der Waals surface area contributed by atoms with E-state index in [0.717, 1.165) is 12.1 Å². The highest BCUT2D eigenvalue weighted by atomic mass is 15.1. The Bertz CT molecular complexity index is 177. The standard InChI is InChI=1S/C5H8N4/c6-7-3-1-5-2-4-8-9-5/h2-4H,1,6H2,(H,8,9)/b7-3+. The predicted octanol–water partition coefficient (Wildman–Crippen LogP) is -0.103. The lowest BCUT2D eigenvalue weighted by atomic mass is 10.3. The Kier molecular flexibility index (Phi) is 1.85. The van der Waals surface area contributed by atoms with Crippen molar-refractivity contribution < 1.29 is 0 Å². The predicted molar refractivity (Wildman–Crippen MR) is 35.0 cm³/mol. The topological polar surface area (TPSA) is 67.1 Å². The van der Waals surface area contributed by atoms with Gasteiger partial charge in [-0.05, 0) is 6.07 Å². The summed E-state index contributed by atoms with van der Waals surface area (Å²) >= 11 is 0. The first-order chi connectivity index (χ1) is 4.43. The molecule has 4 nitrogen and oxygen atoms in total. The minimum absolute atomic E-state index is 0.719. The van der Waals surface area contributed by atoms with Crippen molar-refractivity contribution in [1.29, 1.82) is 0 Å². The molecule has 0 saturated heterocycles. The summed E-state index contributed by atoms with van der Waals surface area (Å²) in [7, 11) is 0. The lowest BCUT2D eigenvalue weighted by Gasteiger charge is -1.83. The molecule has 1 aromatic heterocycles. The normalized spacial score (nSPS) is 10.7. The average molecular weight is 124 g/mol. The third-order valence-corrected chi connectivity index (χ3v) is 0.975. The van der Waals surface area contributed by atoms with Crippen molar-refractivity contribution in [3.05, 3.63) is 18.0 Å². The molecule has 0 aliphatic rings. The fourth-order valence-electron chi connectivity index (χ4n) is 0.549. The maximum atomic E-state index is 4.88. The largest absolute Gasteiger partial charge is 0.324 e. The summed E-state index contributed by atoms with van der Waals surface area (Å²) in [5, 5.41) is 9.86. The zero-order chi connectivity index (χ0) is 6.53. The van der Waals surface area contributed by atoms with Crippen LogP contribution in [0.1, 0.15) is 5.69 Å². The number of nitrogens with two attached hydrogens (primary N) is 1. The summed E-state index contributed by atoms with van der Waals surface area (Å²) in [5.74, 6) is 4.88. The maximum absolute atomic E-state index is 4.88. The van der Waals surface area contributed by atoms with Crippen LogP contribution in [0, 0.1) is 0 Å². The molecular formula is C5H8N4. The number of nitrogens with one attached hydrogen (secondary N) is 1. The fourth-order valence-corrected chi connectivity index (χ4v) is 0.549. The zero-order valence-electron chi connectivity index (χ0n) is 4.91. The molecule has 0 saturated carbocycles. The van der Waals surface area contributed by atoms with Crippen molar-refractivity contribution in [3.8, 4) is 0 Å². The maximum Gasteiger partial charge on any atom is 0.0490 e. The van der Waals surface area contributed by atoms with Crippen molar-refractivity contribution in [2.24, 2.45) is 10.9 Å². The molecule has 1 aromatic rings. The van der Waals surface area contributed by atoms with Gasteiger partial charge in [-0.3, -0.25) is 5.10 Å². The van der Waals surface area contributed by atoms with Gasteiger partial charge in [-0.1, -0.05) is 0 Å². The van der Waals surface area contributed by atoms with E-state index < -0.39 is 0 Å². The second-order valence-corrected chi connectivity index (χ2v) is 1.62. The molecule has 48 valence electrons. The Hall–Kier alpha value is -1.32. The molecule has 1 rings (SSSR count). The Morgan fingerprint density at radius 1 is 1.89 bits per heavy atom. The summed E-state index contributed by atoms with van der Waals surface area (Å²) in [6.45, 7) is 0. The monoisotopic (exact) mass is 124 g/mol. The van der Waals surface area contributed by atoms with E-state index in [1.54, 1.807) is 12.4 Å². The minimum atomic E-state index is 0.719. The van der Waals surface area contributed by atoms with Gasteiger partial charge in [0.15, 0.2) is 0 Å². The zero-order valence-corrected chi connectivity index (χ0v) is 4.91. The molecule has 0 bridgehead atoms. The van der Waals surface area contributed by atoms with Crippen LogP contribution in [0.25, 0.3) is 0 Å². The fraction of sp³-hybridized carbons (Fsp3) is 0.200. The highest BCUT2D eigenvalue weighted by molar-refractivity contribution is 5.59. The first-order valence-corrected chi connectivity index (χ1v) is 2.63. The number of aromatic nitrogens is 2. The molecule has 0 aromatic carbocycles. The van der Waals surface area contributed by atoms with Crippen molar-refractivity contribution in [2.75, 3.05) is 0 Å². The van der Waals surface area contributed by atoms with Crippen LogP contribution in [0.2, 0.25) is 0 Å². The molecule has 0 radical (unpaired) electrons. The molecule has 0 amide bonds. The van der Waals surface area contributed by atoms with Crippen LogP contribution < -0.4 is 5.84 Å². The number of aromatic amines is 1. The van der Waals surface area contributed by atoms with Gasteiger partial charge in [-0.15, -0.1) is 0 Å². The first-order valence-electron chi connectivity index (χ1n) is 2.63. The van der Waals surface area contributed by atoms with Crippen LogP contribution in [0.4, 0.5) is 0 Å². The van der Waals surface area contributed by atoms with Crippen LogP contribution >= 0.6 is 0 Å². The van der Waals surface area contributed by atoms with Crippen LogP contribution in [0.5, 0.6) is 0 Å². The summed E-state index contributed by atoms with van der Waals surface area (Å²) < 4.78 is 0. The summed E-state index contributed by atoms with van der Waals surface area (Å²) in [6, 6.07) is 1.88. The molecule has 9 heavy (non-hydrogen) atoms. The molecule has 1 heterocycles. The Labute approximate surface area is 52.8 Å². The van der Waals surface area contributed by atoms with E-state index in [1.807, 2.05) is 6.07 Å². The van der Waals surface area contributed by atoms with Crippen molar-refractivity contribution in [1.82, 2.24) is 10.2 Å². The SMILES string of the molecule is N/N=C/Cc1ccn[nH]1. The Morgan fingerprint density at radius 3 is 3.33 bits per heavy atom. The molecule has 4 heteroatoms. The second-order valence-electron chi connectivity index (χ2n) is 1.62. The third kappa shape index (κ3) is 1.56. The highest BCUT2D eigenvalue weighted by Crippen LogP contribution is 1.88. The van der Waals surface area contributed by atoms with Gasteiger partial charge in [-0.25, -0.2) is 0 Å². The number of hydrazone groups is 1. The van der Waals surface area contributed by atoms with Gasteiger partial charge in [0.25, 0.3) is 0 Å². The van der Waals surface area contributed by atoms with E-state index in [4.69, 9.17) is 5.84 Å². The third-order valence-electron chi connectivity index (χ3n) is 0.975. The van der Waals surface area contributed by atoms with E-state index in [2.05, 4.69) is 15.3 Å². The second kappa shape index (κ2) is 2.86. The first kappa shape index (κ1) is 5.81. The molecule has 0 atom stereocenters. The average Bonchev–Trinajstić information content (AvgIpc) is 2.34. The van der Waals surface area contributed by atoms with Crippen LogP contribution in [-0.2, 0) is 6.42 Å². The smallest absolute Gasteiger partial charge is 0.0490 e. The quantitative estimate of drug-likeness (QED) is 0.328. The number of hydrogen-bond acceptors (Lipinski definition) is 3. The minimum Gasteiger partial charge on any atom is -0.324 e. The lowest BCUT2D eigenvalue weighted by molar-refractivity contribution is 1.03. The summed E-state index contributed by atoms with van der Waals surface area (Å²) in [6.07, 6.45) is 4.03. The number of nitrogens with zero attached hydrogens (tertiary/aromatic N) is 2. The van der Waals surface area contributed by atoms with Gasteiger partial charge in [0.1, 0.15) is 0 Å². The van der Waals surface area contributed by atoms with Crippen molar-refractivity contribution in [3.63, 3.8) is 0 Å². The molecule has 3 N–H and O–H groups in total. The number of hydrogen-bond donors (Lipinski definition) is 2. The van der Waals surface area contributed by atoms with E-state index in [0.29, 0.717) is 0 Å². The number of rotatable bonds is 2. The van der Waals surface area contributed by atoms with Crippen LogP contribution in [0.15, 0.2) is 17.4 Å².